The number of hydrogen-bond acceptors (Lipinski definition) is 3. The van der Waals surface area contributed by atoms with E-state index in [9.17, 15) is 14.7 Å². The van der Waals surface area contributed by atoms with Crippen LogP contribution in [0.15, 0.2) is 18.2 Å². The van der Waals surface area contributed by atoms with Crippen LogP contribution in [0.25, 0.3) is 0 Å². The molecule has 19 heavy (non-hydrogen) atoms. The van der Waals surface area contributed by atoms with Gasteiger partial charge in [0.25, 0.3) is 5.91 Å². The molecule has 0 aliphatic carbocycles. The van der Waals surface area contributed by atoms with Gasteiger partial charge in [0.15, 0.2) is 0 Å². The number of nitrogens with one attached hydrogen (secondary N) is 1. The molecule has 1 amide bonds. The number of amides is 1. The summed E-state index contributed by atoms with van der Waals surface area (Å²) in [5.41, 5.74) is -0.978. The lowest BCUT2D eigenvalue weighted by molar-refractivity contribution is -0.143. The highest BCUT2D eigenvalue weighted by Gasteiger charge is 2.43. The van der Waals surface area contributed by atoms with Crippen molar-refractivity contribution in [3.05, 3.63) is 33.8 Å². The molecule has 1 aliphatic heterocycles. The number of carboxylic acid groups (broad SMARTS) is 1. The van der Waals surface area contributed by atoms with Crippen LogP contribution in [0.1, 0.15) is 16.8 Å². The summed E-state index contributed by atoms with van der Waals surface area (Å²) < 4.78 is 0. The number of benzene rings is 1. The molecule has 1 aliphatic rings. The summed E-state index contributed by atoms with van der Waals surface area (Å²) >= 11 is 13.2. The predicted octanol–water partition coefficient (Wildman–Crippen LogP) is 2.68. The zero-order valence-corrected chi connectivity index (χ0v) is 12.1. The first-order valence-corrected chi connectivity index (χ1v) is 7.44. The summed E-state index contributed by atoms with van der Waals surface area (Å²) in [6.07, 6.45) is 0.407. The van der Waals surface area contributed by atoms with Crippen molar-refractivity contribution in [2.45, 2.75) is 12.0 Å². The number of carboxylic acids is 1. The van der Waals surface area contributed by atoms with E-state index in [2.05, 4.69) is 5.32 Å². The molecule has 1 aromatic rings. The zero-order valence-electron chi connectivity index (χ0n) is 9.78. The van der Waals surface area contributed by atoms with Gasteiger partial charge in [0, 0.05) is 10.8 Å². The predicted molar refractivity (Wildman–Crippen MR) is 76.2 cm³/mol. The Hall–Kier alpha value is -0.910. The highest BCUT2D eigenvalue weighted by atomic mass is 35.5. The second-order valence-corrected chi connectivity index (χ2v) is 6.22. The normalized spacial score (nSPS) is 22.2. The molecular formula is C12H11Cl2NO3S. The van der Waals surface area contributed by atoms with Gasteiger partial charge in [-0.25, -0.2) is 4.79 Å². The van der Waals surface area contributed by atoms with E-state index in [1.54, 1.807) is 6.07 Å². The first-order chi connectivity index (χ1) is 8.94. The molecule has 102 valence electrons. The minimum atomic E-state index is -1.20. The summed E-state index contributed by atoms with van der Waals surface area (Å²) in [7, 11) is 0. The van der Waals surface area contributed by atoms with E-state index in [1.165, 1.54) is 23.9 Å². The van der Waals surface area contributed by atoms with Gasteiger partial charge in [0.1, 0.15) is 5.54 Å². The van der Waals surface area contributed by atoms with Gasteiger partial charge in [-0.2, -0.15) is 11.8 Å². The maximum absolute atomic E-state index is 12.1. The zero-order chi connectivity index (χ0) is 14.0. The Labute approximate surface area is 124 Å². The van der Waals surface area contributed by atoms with Crippen LogP contribution in [0.4, 0.5) is 0 Å². The number of halogens is 2. The van der Waals surface area contributed by atoms with Crippen molar-refractivity contribution in [3.8, 4) is 0 Å². The molecule has 1 fully saturated rings. The Morgan fingerprint density at radius 1 is 1.37 bits per heavy atom. The molecule has 7 heteroatoms. The van der Waals surface area contributed by atoms with Crippen molar-refractivity contribution < 1.29 is 14.7 Å². The molecule has 2 N–H and O–H groups in total. The number of thioether (sulfide) groups is 1. The maximum atomic E-state index is 12.1. The first kappa shape index (κ1) is 14.5. The minimum absolute atomic E-state index is 0.205. The lowest BCUT2D eigenvalue weighted by Crippen LogP contribution is -2.54. The number of carbonyl (C=O) groups is 2. The maximum Gasteiger partial charge on any atom is 0.330 e. The van der Waals surface area contributed by atoms with Gasteiger partial charge in [-0.3, -0.25) is 4.79 Å². The van der Waals surface area contributed by atoms with Crippen molar-refractivity contribution in [3.63, 3.8) is 0 Å². The van der Waals surface area contributed by atoms with Gasteiger partial charge in [-0.1, -0.05) is 23.2 Å². The second-order valence-electron chi connectivity index (χ2n) is 4.27. The average molecular weight is 320 g/mol. The van der Waals surface area contributed by atoms with Crippen LogP contribution in [-0.2, 0) is 4.79 Å². The highest BCUT2D eigenvalue weighted by Crippen LogP contribution is 2.29. The largest absolute Gasteiger partial charge is 0.479 e. The first-order valence-electron chi connectivity index (χ1n) is 5.53. The third-order valence-corrected chi connectivity index (χ3v) is 4.70. The van der Waals surface area contributed by atoms with Crippen molar-refractivity contribution in [2.75, 3.05) is 11.5 Å². The molecule has 1 saturated heterocycles. The lowest BCUT2D eigenvalue weighted by Gasteiger charge is -2.24. The second kappa shape index (κ2) is 5.61. The minimum Gasteiger partial charge on any atom is -0.479 e. The van der Waals surface area contributed by atoms with Crippen molar-refractivity contribution in [1.29, 1.82) is 0 Å². The third-order valence-electron chi connectivity index (χ3n) is 2.96. The molecule has 1 heterocycles. The molecule has 0 bridgehead atoms. The van der Waals surface area contributed by atoms with Crippen LogP contribution in [0.3, 0.4) is 0 Å². The number of carbonyl (C=O) groups excluding carboxylic acids is 1. The van der Waals surface area contributed by atoms with E-state index < -0.39 is 17.4 Å². The fraction of sp³-hybridized carbons (Fsp3) is 0.333. The summed E-state index contributed by atoms with van der Waals surface area (Å²) in [4.78, 5) is 23.5. The molecule has 1 atom stereocenters. The number of hydrogen-bond donors (Lipinski definition) is 2. The van der Waals surface area contributed by atoms with Gasteiger partial charge in [0.05, 0.1) is 10.6 Å². The number of aliphatic carboxylic acids is 1. The average Bonchev–Trinajstić information content (AvgIpc) is 2.78. The molecule has 0 radical (unpaired) electrons. The van der Waals surface area contributed by atoms with E-state index in [-0.39, 0.29) is 10.6 Å². The van der Waals surface area contributed by atoms with Crippen LogP contribution in [0.2, 0.25) is 10.0 Å². The summed E-state index contributed by atoms with van der Waals surface area (Å²) in [5.74, 6) is -0.442. The van der Waals surface area contributed by atoms with E-state index in [0.29, 0.717) is 22.9 Å². The molecule has 0 aromatic heterocycles. The molecule has 2 rings (SSSR count). The van der Waals surface area contributed by atoms with E-state index in [4.69, 9.17) is 23.2 Å². The molecule has 0 unspecified atom stereocenters. The Balaban J connectivity index is 2.22. The van der Waals surface area contributed by atoms with Gasteiger partial charge >= 0.3 is 5.97 Å². The SMILES string of the molecule is O=C(N[C@]1(C(=O)O)CCSC1)c1ccc(Cl)cc1Cl. The smallest absolute Gasteiger partial charge is 0.330 e. The molecular weight excluding hydrogens is 309 g/mol. The highest BCUT2D eigenvalue weighted by molar-refractivity contribution is 7.99. The fourth-order valence-corrected chi connectivity index (χ4v) is 3.66. The Morgan fingerprint density at radius 3 is 2.63 bits per heavy atom. The van der Waals surface area contributed by atoms with E-state index >= 15 is 0 Å². The van der Waals surface area contributed by atoms with Crippen LogP contribution < -0.4 is 5.32 Å². The van der Waals surface area contributed by atoms with Crippen LogP contribution in [0, 0.1) is 0 Å². The van der Waals surface area contributed by atoms with E-state index in [0.717, 1.165) is 0 Å². The molecule has 4 nitrogen and oxygen atoms in total. The topological polar surface area (TPSA) is 66.4 Å². The molecule has 0 saturated carbocycles. The number of rotatable bonds is 3. The Morgan fingerprint density at radius 2 is 2.11 bits per heavy atom. The fourth-order valence-electron chi connectivity index (χ4n) is 1.84. The van der Waals surface area contributed by atoms with Crippen molar-refractivity contribution in [2.24, 2.45) is 0 Å². The summed E-state index contributed by atoms with van der Waals surface area (Å²) in [6.45, 7) is 0. The van der Waals surface area contributed by atoms with Gasteiger partial charge in [-0.15, -0.1) is 0 Å². The summed E-state index contributed by atoms with van der Waals surface area (Å²) in [5, 5.41) is 12.5. The van der Waals surface area contributed by atoms with Crippen LogP contribution >= 0.6 is 35.0 Å². The van der Waals surface area contributed by atoms with Crippen LogP contribution in [-0.4, -0.2) is 34.0 Å². The van der Waals surface area contributed by atoms with Gasteiger partial charge in [-0.05, 0) is 30.4 Å². The van der Waals surface area contributed by atoms with Gasteiger partial charge < -0.3 is 10.4 Å². The molecule has 1 aromatic carbocycles. The Bertz CT molecular complexity index is 530. The standard InChI is InChI=1S/C12H11Cl2NO3S/c13-7-1-2-8(9(14)5-7)10(16)15-12(11(17)18)3-4-19-6-12/h1-2,5H,3-4,6H2,(H,15,16)(H,17,18)/t12-/m1/s1. The van der Waals surface area contributed by atoms with Crippen LogP contribution in [0.5, 0.6) is 0 Å². The monoisotopic (exact) mass is 319 g/mol. The Kier molecular flexibility index (Phi) is 4.28. The van der Waals surface area contributed by atoms with Crippen molar-refractivity contribution in [1.82, 2.24) is 5.32 Å². The third kappa shape index (κ3) is 2.99. The molecule has 0 spiro atoms. The summed E-state index contributed by atoms with van der Waals surface area (Å²) in [6, 6.07) is 4.48. The van der Waals surface area contributed by atoms with Gasteiger partial charge in [0.2, 0.25) is 0 Å². The lowest BCUT2D eigenvalue weighted by atomic mass is 9.98. The van der Waals surface area contributed by atoms with Crippen molar-refractivity contribution >= 4 is 46.8 Å². The van der Waals surface area contributed by atoms with E-state index in [1.807, 2.05) is 0 Å². The quantitative estimate of drug-likeness (QED) is 0.899.